The molecule has 0 heterocycles. The molecule has 0 aliphatic carbocycles. The number of carboxylic acid groups (broad SMARTS) is 1. The molecule has 0 aromatic heterocycles. The van der Waals surface area contributed by atoms with Crippen LogP contribution in [0.4, 0.5) is 0 Å². The van der Waals surface area contributed by atoms with Crippen molar-refractivity contribution in [2.24, 2.45) is 0 Å². The highest BCUT2D eigenvalue weighted by Crippen LogP contribution is 2.02. The van der Waals surface area contributed by atoms with E-state index in [0.717, 1.165) is 0 Å². The van der Waals surface area contributed by atoms with Gasteiger partial charge in [-0.25, -0.2) is 0 Å². The Hall–Kier alpha value is -0.650. The van der Waals surface area contributed by atoms with Crippen molar-refractivity contribution in [3.05, 3.63) is 0 Å². The first kappa shape index (κ1) is 15.3. The summed E-state index contributed by atoms with van der Waals surface area (Å²) in [6, 6.07) is 0.218. The molecule has 5 heteroatoms. The molecule has 0 fully saturated rings. The topological polar surface area (TPSA) is 70.0 Å². The lowest BCUT2D eigenvalue weighted by molar-refractivity contribution is -0.137. The van der Waals surface area contributed by atoms with E-state index in [4.69, 9.17) is 9.84 Å². The van der Waals surface area contributed by atoms with E-state index < -0.39 is 12.1 Å². The molecule has 1 atom stereocenters. The Labute approximate surface area is 97.0 Å². The Kier molecular flexibility index (Phi) is 8.15. The minimum Gasteiger partial charge on any atom is -0.481 e. The lowest BCUT2D eigenvalue weighted by Crippen LogP contribution is -2.40. The largest absolute Gasteiger partial charge is 0.481 e. The van der Waals surface area contributed by atoms with Crippen LogP contribution in [0.2, 0.25) is 0 Å². The molecule has 0 radical (unpaired) electrons. The number of rotatable bonds is 9. The number of nitrogens with zero attached hydrogens (tertiary/aromatic N) is 1. The van der Waals surface area contributed by atoms with Gasteiger partial charge in [-0.05, 0) is 20.8 Å². The van der Waals surface area contributed by atoms with Crippen molar-refractivity contribution in [3.8, 4) is 0 Å². The molecule has 5 nitrogen and oxygen atoms in total. The SMILES string of the molecule is CCOCC(O)CN(CCC(=O)O)C(C)C. The monoisotopic (exact) mass is 233 g/mol. The zero-order valence-electron chi connectivity index (χ0n) is 10.3. The van der Waals surface area contributed by atoms with Gasteiger partial charge in [0.05, 0.1) is 19.1 Å². The maximum absolute atomic E-state index is 10.5. The number of aliphatic carboxylic acids is 1. The number of ether oxygens (including phenoxy) is 1. The Bertz CT molecular complexity index is 196. The van der Waals surface area contributed by atoms with Crippen molar-refractivity contribution < 1.29 is 19.7 Å². The van der Waals surface area contributed by atoms with Gasteiger partial charge in [-0.2, -0.15) is 0 Å². The van der Waals surface area contributed by atoms with E-state index in [2.05, 4.69) is 0 Å². The minimum atomic E-state index is -0.815. The van der Waals surface area contributed by atoms with E-state index in [1.54, 1.807) is 0 Å². The van der Waals surface area contributed by atoms with Crippen molar-refractivity contribution in [1.29, 1.82) is 0 Å². The van der Waals surface area contributed by atoms with Crippen molar-refractivity contribution in [2.75, 3.05) is 26.3 Å². The van der Waals surface area contributed by atoms with Crippen LogP contribution in [0.25, 0.3) is 0 Å². The first-order valence-corrected chi connectivity index (χ1v) is 5.69. The van der Waals surface area contributed by atoms with E-state index in [0.29, 0.717) is 26.3 Å². The number of hydrogen-bond acceptors (Lipinski definition) is 4. The quantitative estimate of drug-likeness (QED) is 0.609. The zero-order valence-corrected chi connectivity index (χ0v) is 10.3. The fourth-order valence-corrected chi connectivity index (χ4v) is 1.38. The highest BCUT2D eigenvalue weighted by molar-refractivity contribution is 5.66. The third kappa shape index (κ3) is 7.62. The lowest BCUT2D eigenvalue weighted by Gasteiger charge is -2.28. The molecule has 0 bridgehead atoms. The van der Waals surface area contributed by atoms with Crippen LogP contribution in [0.1, 0.15) is 27.2 Å². The van der Waals surface area contributed by atoms with Crippen LogP contribution in [-0.4, -0.2) is 59.5 Å². The highest BCUT2D eigenvalue weighted by Gasteiger charge is 2.15. The summed E-state index contributed by atoms with van der Waals surface area (Å²) < 4.78 is 5.11. The van der Waals surface area contributed by atoms with E-state index in [1.165, 1.54) is 0 Å². The Morgan fingerprint density at radius 3 is 2.50 bits per heavy atom. The molecule has 0 aromatic carbocycles. The van der Waals surface area contributed by atoms with E-state index in [9.17, 15) is 9.90 Å². The molecule has 0 saturated heterocycles. The van der Waals surface area contributed by atoms with Gasteiger partial charge in [0, 0.05) is 25.7 Å². The van der Waals surface area contributed by atoms with Crippen molar-refractivity contribution in [3.63, 3.8) is 0 Å². The summed E-state index contributed by atoms with van der Waals surface area (Å²) in [6.45, 7) is 7.61. The second-order valence-corrected chi connectivity index (χ2v) is 4.05. The molecule has 2 N–H and O–H groups in total. The van der Waals surface area contributed by atoms with Crippen molar-refractivity contribution >= 4 is 5.97 Å². The average molecular weight is 233 g/mol. The minimum absolute atomic E-state index is 0.0968. The second-order valence-electron chi connectivity index (χ2n) is 4.05. The third-order valence-corrected chi connectivity index (χ3v) is 2.30. The summed E-state index contributed by atoms with van der Waals surface area (Å²) in [6.07, 6.45) is -0.462. The summed E-state index contributed by atoms with van der Waals surface area (Å²) in [5, 5.41) is 18.3. The Balaban J connectivity index is 3.96. The standard InChI is InChI=1S/C11H23NO4/c1-4-16-8-10(13)7-12(9(2)3)6-5-11(14)15/h9-10,13H,4-8H2,1-3H3,(H,14,15). The highest BCUT2D eigenvalue weighted by atomic mass is 16.5. The molecule has 0 amide bonds. The molecule has 0 aliphatic heterocycles. The molecule has 0 spiro atoms. The third-order valence-electron chi connectivity index (χ3n) is 2.30. The maximum atomic E-state index is 10.5. The second kappa shape index (κ2) is 8.50. The van der Waals surface area contributed by atoms with Crippen LogP contribution in [-0.2, 0) is 9.53 Å². The van der Waals surface area contributed by atoms with Crippen LogP contribution in [0.5, 0.6) is 0 Å². The van der Waals surface area contributed by atoms with Gasteiger partial charge >= 0.3 is 5.97 Å². The van der Waals surface area contributed by atoms with E-state index in [-0.39, 0.29) is 12.5 Å². The molecular formula is C11H23NO4. The molecule has 96 valence electrons. The van der Waals surface area contributed by atoms with Crippen LogP contribution < -0.4 is 0 Å². The van der Waals surface area contributed by atoms with Gasteiger partial charge in [-0.15, -0.1) is 0 Å². The van der Waals surface area contributed by atoms with Crippen LogP contribution in [0.3, 0.4) is 0 Å². The van der Waals surface area contributed by atoms with Gasteiger partial charge in [-0.1, -0.05) is 0 Å². The predicted molar refractivity (Wildman–Crippen MR) is 61.5 cm³/mol. The van der Waals surface area contributed by atoms with Crippen LogP contribution >= 0.6 is 0 Å². The van der Waals surface area contributed by atoms with E-state index >= 15 is 0 Å². The normalized spacial score (nSPS) is 13.4. The van der Waals surface area contributed by atoms with Gasteiger partial charge in [0.1, 0.15) is 0 Å². The van der Waals surface area contributed by atoms with Gasteiger partial charge in [0.25, 0.3) is 0 Å². The fourth-order valence-electron chi connectivity index (χ4n) is 1.38. The van der Waals surface area contributed by atoms with Crippen molar-refractivity contribution in [2.45, 2.75) is 39.3 Å². The first-order chi connectivity index (χ1) is 7.47. The average Bonchev–Trinajstić information content (AvgIpc) is 2.20. The molecule has 0 rings (SSSR count). The summed E-state index contributed by atoms with van der Waals surface area (Å²) in [5.74, 6) is -0.815. The predicted octanol–water partition coefficient (Wildman–Crippen LogP) is 0.569. The lowest BCUT2D eigenvalue weighted by atomic mass is 10.2. The number of aliphatic hydroxyl groups is 1. The molecule has 1 unspecified atom stereocenters. The van der Waals surface area contributed by atoms with Crippen LogP contribution in [0.15, 0.2) is 0 Å². The first-order valence-electron chi connectivity index (χ1n) is 5.69. The Morgan fingerprint density at radius 2 is 2.06 bits per heavy atom. The smallest absolute Gasteiger partial charge is 0.304 e. The van der Waals surface area contributed by atoms with Gasteiger partial charge < -0.3 is 14.9 Å². The summed E-state index contributed by atoms with van der Waals surface area (Å²) in [5.41, 5.74) is 0. The van der Waals surface area contributed by atoms with E-state index in [1.807, 2.05) is 25.7 Å². The van der Waals surface area contributed by atoms with Gasteiger partial charge in [0.2, 0.25) is 0 Å². The van der Waals surface area contributed by atoms with Crippen molar-refractivity contribution in [1.82, 2.24) is 4.90 Å². The van der Waals surface area contributed by atoms with Gasteiger partial charge in [0.15, 0.2) is 0 Å². The number of hydrogen-bond donors (Lipinski definition) is 2. The number of aliphatic hydroxyl groups excluding tert-OH is 1. The number of carboxylic acids is 1. The molecule has 16 heavy (non-hydrogen) atoms. The molecule has 0 saturated carbocycles. The maximum Gasteiger partial charge on any atom is 0.304 e. The molecule has 0 aromatic rings. The summed E-state index contributed by atoms with van der Waals surface area (Å²) in [4.78, 5) is 12.4. The molecule has 0 aliphatic rings. The Morgan fingerprint density at radius 1 is 1.44 bits per heavy atom. The fraction of sp³-hybridized carbons (Fsp3) is 0.909. The zero-order chi connectivity index (χ0) is 12.6. The number of carbonyl (C=O) groups is 1. The van der Waals surface area contributed by atoms with Gasteiger partial charge in [-0.3, -0.25) is 9.69 Å². The molecular weight excluding hydrogens is 210 g/mol. The summed E-state index contributed by atoms with van der Waals surface area (Å²) in [7, 11) is 0. The summed E-state index contributed by atoms with van der Waals surface area (Å²) >= 11 is 0. The van der Waals surface area contributed by atoms with Crippen LogP contribution in [0, 0.1) is 0 Å².